The smallest absolute Gasteiger partial charge is 0.407 e. The Hall–Kier alpha value is -1.26. The van der Waals surface area contributed by atoms with Gasteiger partial charge in [-0.3, -0.25) is 0 Å². The summed E-state index contributed by atoms with van der Waals surface area (Å²) in [5, 5.41) is 2.61. The summed E-state index contributed by atoms with van der Waals surface area (Å²) >= 11 is 0. The van der Waals surface area contributed by atoms with Crippen molar-refractivity contribution in [1.82, 2.24) is 5.32 Å². The van der Waals surface area contributed by atoms with Crippen LogP contribution in [0.2, 0.25) is 0 Å². The molecule has 31 heavy (non-hydrogen) atoms. The van der Waals surface area contributed by atoms with Gasteiger partial charge in [-0.1, -0.05) is 123 Å². The lowest BCUT2D eigenvalue weighted by Crippen LogP contribution is -2.41. The van der Waals surface area contributed by atoms with E-state index in [2.05, 4.69) is 23.9 Å². The first-order chi connectivity index (χ1) is 15.2. The Morgan fingerprint density at radius 2 is 1.06 bits per heavy atom. The second kappa shape index (κ2) is 23.4. The zero-order valence-corrected chi connectivity index (χ0v) is 20.9. The Morgan fingerprint density at radius 1 is 0.645 bits per heavy atom. The van der Waals surface area contributed by atoms with E-state index in [0.29, 0.717) is 13.0 Å². The van der Waals surface area contributed by atoms with E-state index in [1.54, 1.807) is 0 Å². The van der Waals surface area contributed by atoms with E-state index < -0.39 is 12.1 Å². The average Bonchev–Trinajstić information content (AvgIpc) is 2.78. The molecule has 0 bridgehead atoms. The number of amides is 1. The Bertz CT molecular complexity index is 414. The maximum absolute atomic E-state index is 12.3. The zero-order chi connectivity index (χ0) is 23.0. The van der Waals surface area contributed by atoms with Gasteiger partial charge in [0.1, 0.15) is 6.04 Å². The van der Waals surface area contributed by atoms with Crippen LogP contribution in [-0.4, -0.2) is 31.8 Å². The van der Waals surface area contributed by atoms with E-state index in [1.165, 1.54) is 84.2 Å². The summed E-state index contributed by atoms with van der Waals surface area (Å²) in [5.41, 5.74) is 0. The molecule has 1 N–H and O–H groups in total. The molecule has 5 heteroatoms. The molecule has 0 aliphatic carbocycles. The van der Waals surface area contributed by atoms with Crippen molar-refractivity contribution in [1.29, 1.82) is 0 Å². The van der Waals surface area contributed by atoms with Crippen LogP contribution in [0.3, 0.4) is 0 Å². The molecule has 0 rings (SSSR count). The molecule has 0 saturated heterocycles. The third-order valence-corrected chi connectivity index (χ3v) is 5.85. The summed E-state index contributed by atoms with van der Waals surface area (Å²) < 4.78 is 10.0. The van der Waals surface area contributed by atoms with Crippen molar-refractivity contribution in [2.75, 3.05) is 13.7 Å². The molecule has 0 spiro atoms. The number of alkyl carbamates (subject to hydrolysis) is 1. The number of esters is 1. The highest BCUT2D eigenvalue weighted by atomic mass is 16.5. The molecule has 0 aliphatic rings. The van der Waals surface area contributed by atoms with Gasteiger partial charge in [-0.2, -0.15) is 0 Å². The zero-order valence-electron chi connectivity index (χ0n) is 20.9. The van der Waals surface area contributed by atoms with Crippen LogP contribution in [0.4, 0.5) is 4.79 Å². The topological polar surface area (TPSA) is 64.6 Å². The van der Waals surface area contributed by atoms with Gasteiger partial charge in [-0.15, -0.1) is 0 Å². The second-order valence-electron chi connectivity index (χ2n) is 8.80. The molecule has 0 aliphatic heterocycles. The minimum Gasteiger partial charge on any atom is -0.464 e. The molecule has 0 aromatic rings. The lowest BCUT2D eigenvalue weighted by atomic mass is 10.0. The molecule has 1 amide bonds. The number of hydrogen-bond acceptors (Lipinski definition) is 4. The normalized spacial score (nSPS) is 11.8. The van der Waals surface area contributed by atoms with Gasteiger partial charge in [0.15, 0.2) is 0 Å². The first kappa shape index (κ1) is 29.7. The van der Waals surface area contributed by atoms with E-state index in [-0.39, 0.29) is 5.97 Å². The number of carbonyl (C=O) groups excluding carboxylic acids is 2. The summed E-state index contributed by atoms with van der Waals surface area (Å²) in [6.07, 6.45) is 22.5. The third-order valence-electron chi connectivity index (χ3n) is 5.85. The summed E-state index contributed by atoms with van der Waals surface area (Å²) in [7, 11) is 1.31. The predicted octanol–water partition coefficient (Wildman–Crippen LogP) is 7.71. The number of ether oxygens (including phenoxy) is 2. The average molecular weight is 442 g/mol. The van der Waals surface area contributed by atoms with E-state index in [1.807, 2.05) is 0 Å². The van der Waals surface area contributed by atoms with Crippen LogP contribution in [0.1, 0.15) is 136 Å². The first-order valence-corrected chi connectivity index (χ1v) is 13.2. The molecule has 5 nitrogen and oxygen atoms in total. The SMILES string of the molecule is CCCCCCCCCCCCCCCCOC(=O)C(CCCCCC)NC(=O)OC. The second-order valence-corrected chi connectivity index (χ2v) is 8.80. The highest BCUT2D eigenvalue weighted by Crippen LogP contribution is 2.13. The van der Waals surface area contributed by atoms with Gasteiger partial charge in [0.05, 0.1) is 13.7 Å². The van der Waals surface area contributed by atoms with E-state index >= 15 is 0 Å². The van der Waals surface area contributed by atoms with Crippen LogP contribution < -0.4 is 5.32 Å². The number of rotatable bonds is 22. The van der Waals surface area contributed by atoms with Crippen molar-refractivity contribution < 1.29 is 19.1 Å². The summed E-state index contributed by atoms with van der Waals surface area (Å²) in [5.74, 6) is -0.336. The maximum atomic E-state index is 12.3. The van der Waals surface area contributed by atoms with Crippen LogP contribution in [0.15, 0.2) is 0 Å². The van der Waals surface area contributed by atoms with Gasteiger partial charge < -0.3 is 14.8 Å². The third kappa shape index (κ3) is 20.4. The quantitative estimate of drug-likeness (QED) is 0.138. The van der Waals surface area contributed by atoms with Crippen LogP contribution in [0.25, 0.3) is 0 Å². The molecular weight excluding hydrogens is 390 g/mol. The fourth-order valence-electron chi connectivity index (χ4n) is 3.80. The fraction of sp³-hybridized carbons (Fsp3) is 0.923. The Balaban J connectivity index is 3.64. The van der Waals surface area contributed by atoms with Crippen LogP contribution in [0.5, 0.6) is 0 Å². The van der Waals surface area contributed by atoms with Gasteiger partial charge >= 0.3 is 12.1 Å². The molecule has 0 fully saturated rings. The minimum atomic E-state index is -0.601. The summed E-state index contributed by atoms with van der Waals surface area (Å²) in [6.45, 7) is 4.85. The number of methoxy groups -OCH3 is 1. The molecule has 0 saturated carbocycles. The van der Waals surface area contributed by atoms with E-state index in [9.17, 15) is 9.59 Å². The molecule has 184 valence electrons. The van der Waals surface area contributed by atoms with Gasteiger partial charge in [0.2, 0.25) is 0 Å². The summed E-state index contributed by atoms with van der Waals surface area (Å²) in [4.78, 5) is 23.8. The number of unbranched alkanes of at least 4 members (excludes halogenated alkanes) is 16. The molecular formula is C26H51NO4. The summed E-state index contributed by atoms with van der Waals surface area (Å²) in [6, 6.07) is -0.601. The van der Waals surface area contributed by atoms with Crippen molar-refractivity contribution in [3.8, 4) is 0 Å². The Kier molecular flexibility index (Phi) is 22.5. The lowest BCUT2D eigenvalue weighted by molar-refractivity contribution is -0.146. The van der Waals surface area contributed by atoms with Gasteiger partial charge in [-0.25, -0.2) is 9.59 Å². The lowest BCUT2D eigenvalue weighted by Gasteiger charge is -2.17. The minimum absolute atomic E-state index is 0.336. The standard InChI is InChI=1S/C26H51NO4/c1-4-6-8-10-11-12-13-14-15-16-17-18-19-21-23-31-25(28)24(27-26(29)30-3)22-20-9-7-5-2/h24H,4-23H2,1-3H3,(H,27,29). The van der Waals surface area contributed by atoms with Crippen molar-refractivity contribution in [3.63, 3.8) is 0 Å². The molecule has 1 unspecified atom stereocenters. The van der Waals surface area contributed by atoms with Crippen molar-refractivity contribution in [2.45, 2.75) is 142 Å². The van der Waals surface area contributed by atoms with Crippen LogP contribution >= 0.6 is 0 Å². The number of carbonyl (C=O) groups is 2. The predicted molar refractivity (Wildman–Crippen MR) is 129 cm³/mol. The van der Waals surface area contributed by atoms with Crippen LogP contribution in [-0.2, 0) is 14.3 Å². The van der Waals surface area contributed by atoms with Crippen molar-refractivity contribution >= 4 is 12.1 Å². The molecule has 0 radical (unpaired) electrons. The van der Waals surface area contributed by atoms with Crippen molar-refractivity contribution in [3.05, 3.63) is 0 Å². The Labute approximate surface area is 192 Å². The van der Waals surface area contributed by atoms with Crippen LogP contribution in [0, 0.1) is 0 Å². The van der Waals surface area contributed by atoms with Gasteiger partial charge in [-0.05, 0) is 12.8 Å². The molecule has 0 heterocycles. The maximum Gasteiger partial charge on any atom is 0.407 e. The van der Waals surface area contributed by atoms with Gasteiger partial charge in [0, 0.05) is 0 Å². The monoisotopic (exact) mass is 441 g/mol. The van der Waals surface area contributed by atoms with Crippen molar-refractivity contribution in [2.24, 2.45) is 0 Å². The number of nitrogens with one attached hydrogen (secondary N) is 1. The molecule has 1 atom stereocenters. The fourth-order valence-corrected chi connectivity index (χ4v) is 3.80. The first-order valence-electron chi connectivity index (χ1n) is 13.2. The van der Waals surface area contributed by atoms with E-state index in [4.69, 9.17) is 4.74 Å². The molecule has 0 aromatic heterocycles. The molecule has 0 aromatic carbocycles. The highest BCUT2D eigenvalue weighted by molar-refractivity contribution is 5.81. The van der Waals surface area contributed by atoms with E-state index in [0.717, 1.165) is 38.5 Å². The highest BCUT2D eigenvalue weighted by Gasteiger charge is 2.22. The largest absolute Gasteiger partial charge is 0.464 e. The van der Waals surface area contributed by atoms with Gasteiger partial charge in [0.25, 0.3) is 0 Å². The Morgan fingerprint density at radius 3 is 1.52 bits per heavy atom. The number of hydrogen-bond donors (Lipinski definition) is 1.